The van der Waals surface area contributed by atoms with E-state index in [2.05, 4.69) is 20.3 Å². The van der Waals surface area contributed by atoms with Crippen LogP contribution in [0.2, 0.25) is 0 Å². The fourth-order valence-corrected chi connectivity index (χ4v) is 5.64. The summed E-state index contributed by atoms with van der Waals surface area (Å²) in [4.78, 5) is 46.7. The predicted octanol–water partition coefficient (Wildman–Crippen LogP) is 1.38. The van der Waals surface area contributed by atoms with Gasteiger partial charge in [-0.25, -0.2) is 9.67 Å². The van der Waals surface area contributed by atoms with Crippen molar-refractivity contribution in [3.05, 3.63) is 47.1 Å². The summed E-state index contributed by atoms with van der Waals surface area (Å²) in [5.74, 6) is 0.321. The number of anilines is 1. The van der Waals surface area contributed by atoms with Crippen LogP contribution in [0, 0.1) is 5.92 Å². The van der Waals surface area contributed by atoms with Gasteiger partial charge in [0.1, 0.15) is 11.7 Å². The molecular weight excluding hydrogens is 486 g/mol. The average Bonchev–Trinajstić information content (AvgIpc) is 3.52. The van der Waals surface area contributed by atoms with Crippen LogP contribution in [0.3, 0.4) is 0 Å². The second-order valence-electron chi connectivity index (χ2n) is 11.0. The second-order valence-corrected chi connectivity index (χ2v) is 11.0. The van der Waals surface area contributed by atoms with Crippen LogP contribution >= 0.6 is 0 Å². The largest absolute Gasteiger partial charge is 0.388 e. The molecule has 0 unspecified atom stereocenters. The number of rotatable bonds is 6. The molecule has 0 spiro atoms. The van der Waals surface area contributed by atoms with Crippen molar-refractivity contribution in [3.63, 3.8) is 0 Å². The summed E-state index contributed by atoms with van der Waals surface area (Å²) in [6.07, 6.45) is 7.55. The molecule has 2 N–H and O–H groups in total. The Hall–Kier alpha value is -3.57. The first-order valence-electron chi connectivity index (χ1n) is 13.4. The Morgan fingerprint density at radius 2 is 1.95 bits per heavy atom. The van der Waals surface area contributed by atoms with Gasteiger partial charge in [-0.3, -0.25) is 23.9 Å². The minimum absolute atomic E-state index is 0.0332. The van der Waals surface area contributed by atoms with Gasteiger partial charge in [0.2, 0.25) is 11.8 Å². The lowest BCUT2D eigenvalue weighted by Gasteiger charge is -2.38. The third-order valence-electron chi connectivity index (χ3n) is 8.13. The van der Waals surface area contributed by atoms with Gasteiger partial charge in [0.25, 0.3) is 5.56 Å². The van der Waals surface area contributed by atoms with Crippen molar-refractivity contribution < 1.29 is 14.7 Å². The Morgan fingerprint density at radius 1 is 1.16 bits per heavy atom. The molecule has 2 aromatic heterocycles. The first kappa shape index (κ1) is 24.7. The minimum atomic E-state index is -1.07. The molecule has 2 amide bonds. The Morgan fingerprint density at radius 3 is 2.66 bits per heavy atom. The molecular formula is C27H33N7O4. The number of hydrogen-bond acceptors (Lipinski definition) is 7. The number of carbonyl (C=O) groups is 2. The topological polar surface area (TPSA) is 126 Å². The molecule has 3 aromatic rings. The van der Waals surface area contributed by atoms with Gasteiger partial charge in [0, 0.05) is 24.7 Å². The van der Waals surface area contributed by atoms with Gasteiger partial charge >= 0.3 is 0 Å². The molecule has 4 heterocycles. The van der Waals surface area contributed by atoms with Crippen molar-refractivity contribution in [2.24, 2.45) is 5.92 Å². The number of nitrogens with one attached hydrogen (secondary N) is 1. The van der Waals surface area contributed by atoms with E-state index in [1.165, 1.54) is 17.1 Å². The van der Waals surface area contributed by atoms with Gasteiger partial charge in [-0.1, -0.05) is 6.07 Å². The molecule has 38 heavy (non-hydrogen) atoms. The lowest BCUT2D eigenvalue weighted by Crippen LogP contribution is -2.50. The highest BCUT2D eigenvalue weighted by atomic mass is 16.3. The summed E-state index contributed by atoms with van der Waals surface area (Å²) in [6.45, 7) is 2.02. The second kappa shape index (κ2) is 9.63. The third-order valence-corrected chi connectivity index (χ3v) is 8.13. The Labute approximate surface area is 220 Å². The van der Waals surface area contributed by atoms with E-state index in [4.69, 9.17) is 0 Å². The molecule has 1 saturated carbocycles. The molecule has 6 rings (SSSR count). The van der Waals surface area contributed by atoms with Gasteiger partial charge in [-0.2, -0.15) is 5.10 Å². The van der Waals surface area contributed by atoms with Crippen molar-refractivity contribution in [1.82, 2.24) is 29.1 Å². The lowest BCUT2D eigenvalue weighted by molar-refractivity contribution is -0.137. The molecule has 3 fully saturated rings. The van der Waals surface area contributed by atoms with Crippen molar-refractivity contribution in [3.8, 4) is 5.69 Å². The number of aliphatic hydroxyl groups is 1. The average molecular weight is 520 g/mol. The Balaban J connectivity index is 1.18. The highest BCUT2D eigenvalue weighted by Crippen LogP contribution is 2.33. The number of benzene rings is 1. The lowest BCUT2D eigenvalue weighted by atomic mass is 9.91. The zero-order chi connectivity index (χ0) is 26.4. The fourth-order valence-electron chi connectivity index (χ4n) is 5.64. The summed E-state index contributed by atoms with van der Waals surface area (Å²) in [7, 11) is 1.96. The molecule has 11 nitrogen and oxygen atoms in total. The molecule has 0 bridgehead atoms. The van der Waals surface area contributed by atoms with Crippen LogP contribution in [-0.4, -0.2) is 84.4 Å². The molecule has 11 heteroatoms. The van der Waals surface area contributed by atoms with Gasteiger partial charge in [0.05, 0.1) is 30.1 Å². The van der Waals surface area contributed by atoms with E-state index >= 15 is 0 Å². The van der Waals surface area contributed by atoms with Crippen LogP contribution in [0.5, 0.6) is 0 Å². The Bertz CT molecular complexity index is 1430. The summed E-state index contributed by atoms with van der Waals surface area (Å²) in [5, 5.41) is 18.9. The number of piperidine rings is 1. The smallest absolute Gasteiger partial charge is 0.264 e. The van der Waals surface area contributed by atoms with E-state index in [9.17, 15) is 19.5 Å². The number of likely N-dealkylation sites (N-methyl/N-ethyl adjacent to an activating group) is 1. The summed E-state index contributed by atoms with van der Waals surface area (Å²) >= 11 is 0. The number of hydrogen-bond donors (Lipinski definition) is 2. The molecule has 200 valence electrons. The van der Waals surface area contributed by atoms with Crippen molar-refractivity contribution >= 4 is 28.5 Å². The summed E-state index contributed by atoms with van der Waals surface area (Å²) < 4.78 is 3.01. The highest BCUT2D eigenvalue weighted by Gasteiger charge is 2.39. The van der Waals surface area contributed by atoms with Crippen LogP contribution in [0.25, 0.3) is 16.7 Å². The number of fused-ring (bicyclic) bond motifs is 1. The Kier molecular flexibility index (Phi) is 6.27. The highest BCUT2D eigenvalue weighted by molar-refractivity contribution is 5.95. The maximum atomic E-state index is 13.3. The molecule has 1 aromatic carbocycles. The number of carbonyl (C=O) groups excluding carboxylic acids is 2. The predicted molar refractivity (Wildman–Crippen MR) is 141 cm³/mol. The van der Waals surface area contributed by atoms with E-state index in [1.54, 1.807) is 4.68 Å². The third kappa shape index (κ3) is 4.71. The number of aromatic nitrogens is 4. The molecule has 1 atom stereocenters. The van der Waals surface area contributed by atoms with Gasteiger partial charge in [-0.15, -0.1) is 0 Å². The van der Waals surface area contributed by atoms with Gasteiger partial charge in [-0.05, 0) is 70.3 Å². The van der Waals surface area contributed by atoms with E-state index in [0.29, 0.717) is 48.3 Å². The monoisotopic (exact) mass is 519 g/mol. The van der Waals surface area contributed by atoms with E-state index in [0.717, 1.165) is 32.2 Å². The zero-order valence-corrected chi connectivity index (χ0v) is 21.5. The van der Waals surface area contributed by atoms with Crippen molar-refractivity contribution in [2.75, 3.05) is 32.0 Å². The quantitative estimate of drug-likeness (QED) is 0.504. The van der Waals surface area contributed by atoms with Crippen LogP contribution in [0.4, 0.5) is 5.69 Å². The molecule has 2 saturated heterocycles. The normalized spacial score (nSPS) is 21.6. The molecule has 3 aliphatic rings. The van der Waals surface area contributed by atoms with Crippen LogP contribution in [0.15, 0.2) is 41.6 Å². The minimum Gasteiger partial charge on any atom is -0.388 e. The fraction of sp³-hybridized carbons (Fsp3) is 0.519. The number of nitrogens with zero attached hydrogens (tertiary/aromatic N) is 6. The summed E-state index contributed by atoms with van der Waals surface area (Å²) in [6, 6.07) is 7.17. The standard InChI is InChI=1S/C27H33N7O4/c1-31-11-3-6-22(31)24(35)30-19-4-2-5-20(14-19)34-23-21(15-29-34)26(37)33(17-28-23)16-27(38)9-12-32(13-10-27)25(36)18-7-8-18/h2,4-5,14-15,17-18,22,38H,3,6-13,16H2,1H3,(H,30,35)/t22-/m0/s1. The number of likely N-dealkylation sites (tertiary alicyclic amines) is 2. The van der Waals surface area contributed by atoms with E-state index < -0.39 is 5.60 Å². The van der Waals surface area contributed by atoms with Crippen molar-refractivity contribution in [2.45, 2.75) is 56.7 Å². The van der Waals surface area contributed by atoms with Gasteiger partial charge in [0.15, 0.2) is 5.65 Å². The van der Waals surface area contributed by atoms with E-state index in [-0.39, 0.29) is 35.9 Å². The summed E-state index contributed by atoms with van der Waals surface area (Å²) in [5.41, 5.74) is 0.379. The van der Waals surface area contributed by atoms with E-state index in [1.807, 2.05) is 36.2 Å². The SMILES string of the molecule is CN1CCC[C@H]1C(=O)Nc1cccc(-n2ncc3c(=O)n(CC4(O)CCN(C(=O)C5CC5)CC4)cnc32)c1. The van der Waals surface area contributed by atoms with Crippen LogP contribution in [-0.2, 0) is 16.1 Å². The van der Waals surface area contributed by atoms with Crippen LogP contribution in [0.1, 0.15) is 38.5 Å². The van der Waals surface area contributed by atoms with Crippen LogP contribution < -0.4 is 10.9 Å². The maximum absolute atomic E-state index is 13.3. The van der Waals surface area contributed by atoms with Crippen molar-refractivity contribution in [1.29, 1.82) is 0 Å². The maximum Gasteiger partial charge on any atom is 0.264 e. The first-order valence-corrected chi connectivity index (χ1v) is 13.4. The molecule has 2 aliphatic heterocycles. The number of amides is 2. The van der Waals surface area contributed by atoms with Gasteiger partial charge < -0.3 is 15.3 Å². The molecule has 1 aliphatic carbocycles. The molecule has 0 radical (unpaired) electrons. The first-order chi connectivity index (χ1) is 18.3. The zero-order valence-electron chi connectivity index (χ0n) is 21.5.